The molecule has 1 aliphatic heterocycles. The fraction of sp³-hybridized carbons (Fsp3) is 0.227. The van der Waals surface area contributed by atoms with Crippen molar-refractivity contribution >= 4 is 23.4 Å². The van der Waals surface area contributed by atoms with Crippen LogP contribution in [0.15, 0.2) is 54.1 Å². The maximum absolute atomic E-state index is 12.7. The number of aliphatic carboxylic acids is 1. The molecular weight excluding hydrogens is 358 g/mol. The van der Waals surface area contributed by atoms with Crippen molar-refractivity contribution < 1.29 is 24.6 Å². The quantitative estimate of drug-likeness (QED) is 0.473. The van der Waals surface area contributed by atoms with Gasteiger partial charge < -0.3 is 15.1 Å². The molecule has 1 aliphatic rings. The van der Waals surface area contributed by atoms with Crippen molar-refractivity contribution in [2.75, 3.05) is 6.54 Å². The zero-order chi connectivity index (χ0) is 20.4. The summed E-state index contributed by atoms with van der Waals surface area (Å²) < 4.78 is 0. The van der Waals surface area contributed by atoms with Gasteiger partial charge in [0.25, 0.3) is 11.7 Å². The van der Waals surface area contributed by atoms with Crippen molar-refractivity contribution in [1.29, 1.82) is 0 Å². The summed E-state index contributed by atoms with van der Waals surface area (Å²) in [5, 5.41) is 19.9. The summed E-state index contributed by atoms with van der Waals surface area (Å²) in [5.74, 6) is -2.95. The van der Waals surface area contributed by atoms with Gasteiger partial charge in [-0.3, -0.25) is 14.4 Å². The normalized spacial score (nSPS) is 18.5. The van der Waals surface area contributed by atoms with Gasteiger partial charge in [-0.1, -0.05) is 59.7 Å². The first-order valence-electron chi connectivity index (χ1n) is 8.93. The van der Waals surface area contributed by atoms with Crippen molar-refractivity contribution in [3.63, 3.8) is 0 Å². The molecule has 0 radical (unpaired) electrons. The molecule has 144 valence electrons. The molecule has 1 fully saturated rings. The van der Waals surface area contributed by atoms with Gasteiger partial charge in [-0.2, -0.15) is 0 Å². The summed E-state index contributed by atoms with van der Waals surface area (Å²) in [6.07, 6.45) is -0.292. The number of amides is 1. The smallest absolute Gasteiger partial charge is 0.305 e. The number of rotatable bonds is 5. The van der Waals surface area contributed by atoms with E-state index < -0.39 is 23.7 Å². The lowest BCUT2D eigenvalue weighted by Gasteiger charge is -2.25. The van der Waals surface area contributed by atoms with E-state index in [1.165, 1.54) is 4.90 Å². The highest BCUT2D eigenvalue weighted by Crippen LogP contribution is 2.39. The Morgan fingerprint density at radius 2 is 1.46 bits per heavy atom. The molecule has 1 heterocycles. The van der Waals surface area contributed by atoms with Crippen LogP contribution in [0.2, 0.25) is 0 Å². The Balaban J connectivity index is 2.14. The van der Waals surface area contributed by atoms with Gasteiger partial charge in [0.2, 0.25) is 0 Å². The summed E-state index contributed by atoms with van der Waals surface area (Å²) >= 11 is 0. The number of aliphatic hydroxyl groups is 1. The van der Waals surface area contributed by atoms with Crippen molar-refractivity contribution in [3.8, 4) is 0 Å². The molecule has 6 heteroatoms. The number of carboxylic acids is 1. The predicted molar refractivity (Wildman–Crippen MR) is 104 cm³/mol. The van der Waals surface area contributed by atoms with Crippen molar-refractivity contribution in [3.05, 3.63) is 76.4 Å². The fourth-order valence-electron chi connectivity index (χ4n) is 3.29. The van der Waals surface area contributed by atoms with Gasteiger partial charge in [-0.25, -0.2) is 0 Å². The fourth-order valence-corrected chi connectivity index (χ4v) is 3.29. The SMILES string of the molecule is Cc1ccc(/C(O)=C2\C(=O)C(=O)N(CCC(=O)O)C2c2ccc(C)cc2)cc1. The van der Waals surface area contributed by atoms with Gasteiger partial charge in [-0.05, 0) is 19.4 Å². The standard InChI is InChI=1S/C22H21NO5/c1-13-3-7-15(8-4-13)19-18(20(26)16-9-5-14(2)6-10-16)21(27)22(28)23(19)12-11-17(24)25/h3-10,19,26H,11-12H2,1-2H3,(H,24,25)/b20-18+. The number of hydrogen-bond acceptors (Lipinski definition) is 4. The molecule has 28 heavy (non-hydrogen) atoms. The van der Waals surface area contributed by atoms with Crippen molar-refractivity contribution in [2.24, 2.45) is 0 Å². The first-order valence-corrected chi connectivity index (χ1v) is 8.93. The van der Waals surface area contributed by atoms with Gasteiger partial charge in [0.1, 0.15) is 5.76 Å². The number of likely N-dealkylation sites (tertiary alicyclic amines) is 1. The number of Topliss-reactive ketones (excluding diaryl/α,β-unsaturated/α-hetero) is 1. The second-order valence-electron chi connectivity index (χ2n) is 6.91. The van der Waals surface area contributed by atoms with Gasteiger partial charge in [0.15, 0.2) is 0 Å². The highest BCUT2D eigenvalue weighted by Gasteiger charge is 2.45. The lowest BCUT2D eigenvalue weighted by atomic mass is 9.94. The lowest BCUT2D eigenvalue weighted by Crippen LogP contribution is -2.31. The minimum Gasteiger partial charge on any atom is -0.507 e. The summed E-state index contributed by atoms with van der Waals surface area (Å²) in [5.41, 5.74) is 3.05. The number of aryl methyl sites for hydroxylation is 2. The highest BCUT2D eigenvalue weighted by molar-refractivity contribution is 6.46. The Kier molecular flexibility index (Phi) is 5.31. The summed E-state index contributed by atoms with van der Waals surface area (Å²) in [7, 11) is 0. The topological polar surface area (TPSA) is 94.9 Å². The molecule has 1 amide bonds. The largest absolute Gasteiger partial charge is 0.507 e. The third-order valence-electron chi connectivity index (χ3n) is 4.82. The third kappa shape index (κ3) is 3.67. The van der Waals surface area contributed by atoms with Crippen molar-refractivity contribution in [1.82, 2.24) is 4.90 Å². The monoisotopic (exact) mass is 379 g/mol. The Labute approximate surface area is 162 Å². The first-order chi connectivity index (χ1) is 13.3. The number of aliphatic hydroxyl groups excluding tert-OH is 1. The van der Waals surface area contributed by atoms with Crippen molar-refractivity contribution in [2.45, 2.75) is 26.3 Å². The van der Waals surface area contributed by atoms with Crippen LogP contribution in [0.25, 0.3) is 5.76 Å². The molecule has 1 unspecified atom stereocenters. The van der Waals surface area contributed by atoms with Crippen LogP contribution in [-0.2, 0) is 14.4 Å². The van der Waals surface area contributed by atoms with E-state index in [-0.39, 0.29) is 24.3 Å². The molecule has 2 aromatic carbocycles. The summed E-state index contributed by atoms with van der Waals surface area (Å²) in [6.45, 7) is 3.70. The number of benzene rings is 2. The van der Waals surface area contributed by atoms with Gasteiger partial charge in [0, 0.05) is 12.1 Å². The molecule has 2 N–H and O–H groups in total. The molecule has 0 aliphatic carbocycles. The molecule has 3 rings (SSSR count). The molecule has 1 atom stereocenters. The van der Waals surface area contributed by atoms with Crippen LogP contribution in [0.3, 0.4) is 0 Å². The Bertz CT molecular complexity index is 957. The maximum Gasteiger partial charge on any atom is 0.305 e. The zero-order valence-electron chi connectivity index (χ0n) is 15.7. The van der Waals surface area contributed by atoms with E-state index in [1.807, 2.05) is 26.0 Å². The van der Waals surface area contributed by atoms with Crippen LogP contribution in [0.4, 0.5) is 0 Å². The van der Waals surface area contributed by atoms with Crippen LogP contribution in [0.1, 0.15) is 34.7 Å². The number of carbonyl (C=O) groups is 3. The maximum atomic E-state index is 12.7. The number of carbonyl (C=O) groups excluding carboxylic acids is 2. The lowest BCUT2D eigenvalue weighted by molar-refractivity contribution is -0.142. The summed E-state index contributed by atoms with van der Waals surface area (Å²) in [4.78, 5) is 37.6. The van der Waals surface area contributed by atoms with Gasteiger partial charge >= 0.3 is 5.97 Å². The molecular formula is C22H21NO5. The molecule has 0 saturated carbocycles. The van der Waals surface area contributed by atoms with E-state index in [1.54, 1.807) is 36.4 Å². The van der Waals surface area contributed by atoms with E-state index in [9.17, 15) is 19.5 Å². The van der Waals surface area contributed by atoms with Crippen LogP contribution in [-0.4, -0.2) is 39.3 Å². The minimum atomic E-state index is -1.07. The predicted octanol–water partition coefficient (Wildman–Crippen LogP) is 3.20. The third-order valence-corrected chi connectivity index (χ3v) is 4.82. The molecule has 0 bridgehead atoms. The minimum absolute atomic E-state index is 0.0249. The zero-order valence-corrected chi connectivity index (χ0v) is 15.7. The average Bonchev–Trinajstić information content (AvgIpc) is 2.91. The molecule has 2 aromatic rings. The highest BCUT2D eigenvalue weighted by atomic mass is 16.4. The van der Waals surface area contributed by atoms with Crippen LogP contribution in [0, 0.1) is 13.8 Å². The van der Waals surface area contributed by atoms with Gasteiger partial charge in [-0.15, -0.1) is 0 Å². The Morgan fingerprint density at radius 1 is 0.929 bits per heavy atom. The average molecular weight is 379 g/mol. The van der Waals surface area contributed by atoms with E-state index >= 15 is 0 Å². The van der Waals surface area contributed by atoms with E-state index in [0.717, 1.165) is 11.1 Å². The second kappa shape index (κ2) is 7.68. The number of ketones is 1. The van der Waals surface area contributed by atoms with Crippen LogP contribution < -0.4 is 0 Å². The number of hydrogen-bond donors (Lipinski definition) is 2. The number of carboxylic acid groups (broad SMARTS) is 1. The number of nitrogens with zero attached hydrogens (tertiary/aromatic N) is 1. The second-order valence-corrected chi connectivity index (χ2v) is 6.91. The van der Waals surface area contributed by atoms with E-state index in [2.05, 4.69) is 0 Å². The summed E-state index contributed by atoms with van der Waals surface area (Å²) in [6, 6.07) is 13.4. The van der Waals surface area contributed by atoms with Crippen LogP contribution in [0.5, 0.6) is 0 Å². The Morgan fingerprint density at radius 3 is 2.00 bits per heavy atom. The first kappa shape index (κ1) is 19.4. The van der Waals surface area contributed by atoms with E-state index in [0.29, 0.717) is 11.1 Å². The molecule has 1 saturated heterocycles. The molecule has 6 nitrogen and oxygen atoms in total. The van der Waals surface area contributed by atoms with Gasteiger partial charge in [0.05, 0.1) is 18.0 Å². The molecule has 0 aromatic heterocycles. The molecule has 0 spiro atoms. The van der Waals surface area contributed by atoms with Crippen LogP contribution >= 0.6 is 0 Å². The van der Waals surface area contributed by atoms with E-state index in [4.69, 9.17) is 5.11 Å². The Hall–Kier alpha value is -3.41.